The third-order valence-electron chi connectivity index (χ3n) is 5.50. The van der Waals surface area contributed by atoms with E-state index < -0.39 is 6.10 Å². The molecule has 1 fully saturated rings. The molecule has 8 nitrogen and oxygen atoms in total. The molecule has 0 aromatic heterocycles. The summed E-state index contributed by atoms with van der Waals surface area (Å²) in [7, 11) is 1.43. The van der Waals surface area contributed by atoms with Crippen molar-refractivity contribution in [2.75, 3.05) is 58.3 Å². The number of ether oxygens (including phenoxy) is 1. The van der Waals surface area contributed by atoms with Crippen molar-refractivity contribution in [1.82, 2.24) is 9.80 Å². The quantitative estimate of drug-likeness (QED) is 0.430. The van der Waals surface area contributed by atoms with E-state index in [1.165, 1.54) is 7.11 Å². The lowest BCUT2D eigenvalue weighted by molar-refractivity contribution is -0.179. The van der Waals surface area contributed by atoms with E-state index in [-0.39, 0.29) is 12.5 Å². The molecule has 3 rings (SSSR count). The van der Waals surface area contributed by atoms with Crippen LogP contribution in [0.15, 0.2) is 42.5 Å². The largest absolute Gasteiger partial charge is 0.487 e. The van der Waals surface area contributed by atoms with Crippen molar-refractivity contribution in [2.45, 2.75) is 20.0 Å². The number of anilines is 1. The Bertz CT molecular complexity index is 863. The molecule has 1 heterocycles. The number of nitrogens with one attached hydrogen (secondary N) is 1. The number of amides is 1. The fourth-order valence-electron chi connectivity index (χ4n) is 3.79. The minimum atomic E-state index is -0.635. The Morgan fingerprint density at radius 2 is 1.62 bits per heavy atom. The van der Waals surface area contributed by atoms with Gasteiger partial charge in [0.2, 0.25) is 11.7 Å². The number of hydrogen-bond donors (Lipinski definition) is 2. The minimum absolute atomic E-state index is 0.00114. The first kappa shape index (κ1) is 24.0. The zero-order valence-corrected chi connectivity index (χ0v) is 19.0. The van der Waals surface area contributed by atoms with Crippen LogP contribution in [0.5, 0.6) is 11.5 Å². The van der Waals surface area contributed by atoms with Crippen LogP contribution in [0.4, 0.5) is 5.69 Å². The van der Waals surface area contributed by atoms with Gasteiger partial charge in [0.1, 0.15) is 12.7 Å². The molecular formula is C24H33N3O5. The molecule has 0 bridgehead atoms. The van der Waals surface area contributed by atoms with Gasteiger partial charge in [-0.2, -0.15) is 4.89 Å². The van der Waals surface area contributed by atoms with E-state index in [1.807, 2.05) is 44.2 Å². The first-order valence-corrected chi connectivity index (χ1v) is 10.9. The van der Waals surface area contributed by atoms with E-state index in [2.05, 4.69) is 15.1 Å². The van der Waals surface area contributed by atoms with Crippen LogP contribution in [-0.2, 0) is 9.68 Å². The van der Waals surface area contributed by atoms with E-state index in [4.69, 9.17) is 14.5 Å². The van der Waals surface area contributed by atoms with Gasteiger partial charge in [0.15, 0.2) is 5.75 Å². The van der Waals surface area contributed by atoms with Gasteiger partial charge in [-0.15, -0.1) is 0 Å². The molecule has 174 valence electrons. The second-order valence-corrected chi connectivity index (χ2v) is 8.05. The van der Waals surface area contributed by atoms with Crippen LogP contribution in [0, 0.1) is 13.8 Å². The lowest BCUT2D eigenvalue weighted by Gasteiger charge is -2.35. The Hall–Kier alpha value is -2.65. The van der Waals surface area contributed by atoms with Crippen LogP contribution in [0.25, 0.3) is 0 Å². The van der Waals surface area contributed by atoms with Crippen molar-refractivity contribution in [3.05, 3.63) is 53.6 Å². The fraction of sp³-hybridized carbons (Fsp3) is 0.458. The molecule has 1 aliphatic heterocycles. The molecule has 2 N–H and O–H groups in total. The molecule has 1 unspecified atom stereocenters. The number of aliphatic hydroxyl groups is 1. The zero-order chi connectivity index (χ0) is 22.9. The van der Waals surface area contributed by atoms with Crippen LogP contribution < -0.4 is 14.9 Å². The third kappa shape index (κ3) is 6.93. The Morgan fingerprint density at radius 3 is 2.28 bits per heavy atom. The molecule has 0 aliphatic carbocycles. The molecule has 2 aromatic carbocycles. The molecule has 1 saturated heterocycles. The average molecular weight is 444 g/mol. The van der Waals surface area contributed by atoms with Gasteiger partial charge >= 0.3 is 0 Å². The Labute approximate surface area is 189 Å². The number of carbonyl (C=O) groups excluding carboxylic acids is 1. The maximum absolute atomic E-state index is 12.5. The van der Waals surface area contributed by atoms with Gasteiger partial charge in [-0.25, -0.2) is 0 Å². The molecule has 0 radical (unpaired) electrons. The van der Waals surface area contributed by atoms with Gasteiger partial charge in [-0.05, 0) is 37.1 Å². The summed E-state index contributed by atoms with van der Waals surface area (Å²) in [5.41, 5.74) is 3.03. The molecular weight excluding hydrogens is 410 g/mol. The van der Waals surface area contributed by atoms with Gasteiger partial charge in [0.05, 0.1) is 13.7 Å². The summed E-state index contributed by atoms with van der Waals surface area (Å²) in [4.78, 5) is 26.6. The van der Waals surface area contributed by atoms with Crippen LogP contribution in [0.2, 0.25) is 0 Å². The number of rotatable bonds is 10. The smallest absolute Gasteiger partial charge is 0.238 e. The van der Waals surface area contributed by atoms with Gasteiger partial charge < -0.3 is 20.0 Å². The first-order chi connectivity index (χ1) is 15.5. The topological polar surface area (TPSA) is 83.5 Å². The molecule has 0 spiro atoms. The summed E-state index contributed by atoms with van der Waals surface area (Å²) in [6, 6.07) is 13.1. The number of nitrogens with zero attached hydrogens (tertiary/aromatic N) is 2. The Kier molecular flexibility index (Phi) is 8.87. The van der Waals surface area contributed by atoms with Crippen LogP contribution in [0.3, 0.4) is 0 Å². The minimum Gasteiger partial charge on any atom is -0.487 e. The van der Waals surface area contributed by atoms with Crippen molar-refractivity contribution in [1.29, 1.82) is 0 Å². The van der Waals surface area contributed by atoms with E-state index in [0.29, 0.717) is 24.6 Å². The van der Waals surface area contributed by atoms with Gasteiger partial charge in [0.25, 0.3) is 0 Å². The highest BCUT2D eigenvalue weighted by Gasteiger charge is 2.21. The molecule has 1 amide bonds. The predicted molar refractivity (Wildman–Crippen MR) is 123 cm³/mol. The van der Waals surface area contributed by atoms with Crippen LogP contribution in [-0.4, -0.2) is 79.9 Å². The molecule has 1 aliphatic rings. The van der Waals surface area contributed by atoms with Crippen molar-refractivity contribution in [2.24, 2.45) is 0 Å². The number of para-hydroxylation sites is 3. The number of piperazine rings is 1. The van der Waals surface area contributed by atoms with Crippen molar-refractivity contribution >= 4 is 11.6 Å². The number of hydrogen-bond acceptors (Lipinski definition) is 7. The average Bonchev–Trinajstić information content (AvgIpc) is 2.77. The summed E-state index contributed by atoms with van der Waals surface area (Å²) in [6.45, 7) is 8.16. The highest BCUT2D eigenvalue weighted by atomic mass is 17.2. The monoisotopic (exact) mass is 443 g/mol. The van der Waals surface area contributed by atoms with Crippen LogP contribution >= 0.6 is 0 Å². The second-order valence-electron chi connectivity index (χ2n) is 8.05. The third-order valence-corrected chi connectivity index (χ3v) is 5.50. The fourth-order valence-corrected chi connectivity index (χ4v) is 3.79. The number of β-amino-alcohol motifs (C(OH)–C–C–N with tert-alkyl or cyclic N) is 1. The number of benzene rings is 2. The highest BCUT2D eigenvalue weighted by Crippen LogP contribution is 2.26. The van der Waals surface area contributed by atoms with E-state index in [0.717, 1.165) is 43.0 Å². The van der Waals surface area contributed by atoms with E-state index in [9.17, 15) is 9.90 Å². The zero-order valence-electron chi connectivity index (χ0n) is 19.0. The first-order valence-electron chi connectivity index (χ1n) is 10.9. The Morgan fingerprint density at radius 1 is 1.00 bits per heavy atom. The molecule has 0 saturated carbocycles. The number of aliphatic hydroxyl groups excluding tert-OH is 1. The molecule has 1 atom stereocenters. The van der Waals surface area contributed by atoms with Crippen molar-refractivity contribution in [3.8, 4) is 11.5 Å². The van der Waals surface area contributed by atoms with E-state index in [1.54, 1.807) is 12.1 Å². The second kappa shape index (κ2) is 11.8. The van der Waals surface area contributed by atoms with Gasteiger partial charge in [-0.3, -0.25) is 14.6 Å². The summed E-state index contributed by atoms with van der Waals surface area (Å²) in [5.74, 6) is 0.990. The number of aryl methyl sites for hydroxylation is 2. The SMILES string of the molecule is COOc1ccccc1OCC(O)CN1CCN(CC(=O)Nc2c(C)cccc2C)CC1. The summed E-state index contributed by atoms with van der Waals surface area (Å²) in [5, 5.41) is 13.4. The van der Waals surface area contributed by atoms with Gasteiger partial charge in [-0.1, -0.05) is 30.3 Å². The highest BCUT2D eigenvalue weighted by molar-refractivity contribution is 5.93. The van der Waals surface area contributed by atoms with Gasteiger partial charge in [0, 0.05) is 38.4 Å². The standard InChI is InChI=1S/C24H33N3O5/c1-18-7-6-8-19(2)24(18)25-23(29)16-27-13-11-26(12-14-27)15-20(28)17-31-21-9-4-5-10-22(21)32-30-3/h4-10,20,28H,11-17H2,1-3H3,(H,25,29). The number of carbonyl (C=O) groups is 1. The lowest BCUT2D eigenvalue weighted by Crippen LogP contribution is -2.50. The summed E-state index contributed by atoms with van der Waals surface area (Å²) >= 11 is 0. The maximum Gasteiger partial charge on any atom is 0.238 e. The molecule has 2 aromatic rings. The summed E-state index contributed by atoms with van der Waals surface area (Å²) in [6.07, 6.45) is -0.635. The van der Waals surface area contributed by atoms with E-state index >= 15 is 0 Å². The lowest BCUT2D eigenvalue weighted by atomic mass is 10.1. The predicted octanol–water partition coefficient (Wildman–Crippen LogP) is 2.24. The Balaban J connectivity index is 1.38. The maximum atomic E-state index is 12.5. The molecule has 8 heteroatoms. The van der Waals surface area contributed by atoms with Crippen molar-refractivity contribution < 1.29 is 24.4 Å². The van der Waals surface area contributed by atoms with Crippen LogP contribution in [0.1, 0.15) is 11.1 Å². The van der Waals surface area contributed by atoms with Crippen molar-refractivity contribution in [3.63, 3.8) is 0 Å². The summed E-state index contributed by atoms with van der Waals surface area (Å²) < 4.78 is 5.70. The normalized spacial score (nSPS) is 15.9. The molecule has 32 heavy (non-hydrogen) atoms.